The zero-order valence-electron chi connectivity index (χ0n) is 13.5. The summed E-state index contributed by atoms with van der Waals surface area (Å²) in [7, 11) is 2.10. The van der Waals surface area contributed by atoms with E-state index in [4.69, 9.17) is 0 Å². The lowest BCUT2D eigenvalue weighted by Crippen LogP contribution is -2.51. The summed E-state index contributed by atoms with van der Waals surface area (Å²) in [5.41, 5.74) is 1.01. The zero-order valence-corrected chi connectivity index (χ0v) is 13.5. The van der Waals surface area contributed by atoms with Crippen molar-refractivity contribution in [3.05, 3.63) is 35.9 Å². The molecule has 2 N–H and O–H groups in total. The molecule has 1 heterocycles. The van der Waals surface area contributed by atoms with Gasteiger partial charge in [0.05, 0.1) is 12.6 Å². The first kappa shape index (κ1) is 16.9. The van der Waals surface area contributed by atoms with Crippen LogP contribution in [0.15, 0.2) is 30.3 Å². The number of benzene rings is 1. The largest absolute Gasteiger partial charge is 0.394 e. The first-order chi connectivity index (χ1) is 10.7. The van der Waals surface area contributed by atoms with E-state index < -0.39 is 0 Å². The van der Waals surface area contributed by atoms with Crippen molar-refractivity contribution in [2.75, 3.05) is 39.8 Å². The highest BCUT2D eigenvalue weighted by molar-refractivity contribution is 5.83. The van der Waals surface area contributed by atoms with Gasteiger partial charge in [0.2, 0.25) is 5.91 Å². The van der Waals surface area contributed by atoms with Crippen LogP contribution in [0.2, 0.25) is 0 Å². The highest BCUT2D eigenvalue weighted by atomic mass is 16.3. The van der Waals surface area contributed by atoms with Crippen molar-refractivity contribution in [2.45, 2.75) is 25.4 Å². The van der Waals surface area contributed by atoms with Gasteiger partial charge in [-0.15, -0.1) is 0 Å². The standard InChI is InChI=1S/C17H27N3O2/c1-3-15(13-21)18-17(22)16(14-7-5-4-6-8-14)20-11-9-19(2)10-12-20/h4-8,15-16,21H,3,9-13H2,1-2H3,(H,18,22). The van der Waals surface area contributed by atoms with E-state index in [0.29, 0.717) is 0 Å². The molecule has 5 nitrogen and oxygen atoms in total. The minimum Gasteiger partial charge on any atom is -0.394 e. The number of aliphatic hydroxyl groups is 1. The molecule has 1 aliphatic heterocycles. The third-order valence-corrected chi connectivity index (χ3v) is 4.33. The van der Waals surface area contributed by atoms with Crippen molar-refractivity contribution in [3.63, 3.8) is 0 Å². The molecule has 0 bridgehead atoms. The molecule has 1 fully saturated rings. The SMILES string of the molecule is CCC(CO)NC(=O)C(c1ccccc1)N1CCN(C)CC1. The highest BCUT2D eigenvalue weighted by Gasteiger charge is 2.30. The molecule has 2 atom stereocenters. The molecular weight excluding hydrogens is 278 g/mol. The number of amides is 1. The van der Waals surface area contributed by atoms with Gasteiger partial charge >= 0.3 is 0 Å². The smallest absolute Gasteiger partial charge is 0.242 e. The van der Waals surface area contributed by atoms with E-state index in [1.807, 2.05) is 37.3 Å². The number of hydrogen-bond acceptors (Lipinski definition) is 4. The molecule has 0 aromatic heterocycles. The number of rotatable bonds is 6. The Kier molecular flexibility index (Phi) is 6.36. The van der Waals surface area contributed by atoms with Crippen LogP contribution in [0, 0.1) is 0 Å². The fourth-order valence-corrected chi connectivity index (χ4v) is 2.80. The molecule has 1 saturated heterocycles. The zero-order chi connectivity index (χ0) is 15.9. The number of hydrogen-bond donors (Lipinski definition) is 2. The van der Waals surface area contributed by atoms with Crippen molar-refractivity contribution < 1.29 is 9.90 Å². The van der Waals surface area contributed by atoms with E-state index in [2.05, 4.69) is 22.2 Å². The van der Waals surface area contributed by atoms with Gasteiger partial charge in [-0.05, 0) is 19.0 Å². The number of nitrogens with one attached hydrogen (secondary N) is 1. The summed E-state index contributed by atoms with van der Waals surface area (Å²) in [6, 6.07) is 9.45. The van der Waals surface area contributed by atoms with Gasteiger partial charge in [0, 0.05) is 26.2 Å². The Morgan fingerprint density at radius 3 is 2.41 bits per heavy atom. The maximum atomic E-state index is 12.8. The lowest BCUT2D eigenvalue weighted by atomic mass is 10.0. The third kappa shape index (κ3) is 4.29. The molecule has 1 aromatic carbocycles. The number of likely N-dealkylation sites (N-methyl/N-ethyl adjacent to an activating group) is 1. The highest BCUT2D eigenvalue weighted by Crippen LogP contribution is 2.22. The Hall–Kier alpha value is -1.43. The van der Waals surface area contributed by atoms with E-state index in [1.54, 1.807) is 0 Å². The van der Waals surface area contributed by atoms with Crippen LogP contribution in [0.5, 0.6) is 0 Å². The molecule has 122 valence electrons. The second-order valence-corrected chi connectivity index (χ2v) is 5.95. The predicted molar refractivity (Wildman–Crippen MR) is 87.6 cm³/mol. The van der Waals surface area contributed by atoms with Crippen LogP contribution in [-0.4, -0.2) is 66.7 Å². The third-order valence-electron chi connectivity index (χ3n) is 4.33. The molecule has 2 rings (SSSR count). The Bertz CT molecular complexity index is 454. The maximum Gasteiger partial charge on any atom is 0.242 e. The molecule has 0 spiro atoms. The van der Waals surface area contributed by atoms with Gasteiger partial charge < -0.3 is 15.3 Å². The Morgan fingerprint density at radius 1 is 1.23 bits per heavy atom. The summed E-state index contributed by atoms with van der Waals surface area (Å²) in [5, 5.41) is 12.3. The Morgan fingerprint density at radius 2 is 1.86 bits per heavy atom. The summed E-state index contributed by atoms with van der Waals surface area (Å²) < 4.78 is 0. The normalized spacial score (nSPS) is 19.6. The van der Waals surface area contributed by atoms with Gasteiger partial charge in [0.25, 0.3) is 0 Å². The van der Waals surface area contributed by atoms with E-state index >= 15 is 0 Å². The number of aliphatic hydroxyl groups excluding tert-OH is 1. The van der Waals surface area contributed by atoms with Crippen LogP contribution >= 0.6 is 0 Å². The maximum absolute atomic E-state index is 12.8. The topological polar surface area (TPSA) is 55.8 Å². The summed E-state index contributed by atoms with van der Waals surface area (Å²) >= 11 is 0. The van der Waals surface area contributed by atoms with Crippen molar-refractivity contribution >= 4 is 5.91 Å². The van der Waals surface area contributed by atoms with Gasteiger partial charge in [-0.1, -0.05) is 37.3 Å². The summed E-state index contributed by atoms with van der Waals surface area (Å²) in [5.74, 6) is -0.0170. The number of carbonyl (C=O) groups excluding carboxylic acids is 1. The number of nitrogens with zero attached hydrogens (tertiary/aromatic N) is 2. The summed E-state index contributed by atoms with van der Waals surface area (Å²) in [6.45, 7) is 5.63. The summed E-state index contributed by atoms with van der Waals surface area (Å²) in [4.78, 5) is 17.3. The molecule has 5 heteroatoms. The average molecular weight is 305 g/mol. The molecule has 2 unspecified atom stereocenters. The number of carbonyl (C=O) groups is 1. The predicted octanol–water partition coefficient (Wildman–Crippen LogP) is 0.862. The molecule has 1 aromatic rings. The van der Waals surface area contributed by atoms with E-state index in [1.165, 1.54) is 0 Å². The molecule has 1 amide bonds. The van der Waals surface area contributed by atoms with Crippen LogP contribution < -0.4 is 5.32 Å². The lowest BCUT2D eigenvalue weighted by Gasteiger charge is -2.37. The van der Waals surface area contributed by atoms with Crippen molar-refractivity contribution in [1.82, 2.24) is 15.1 Å². The van der Waals surface area contributed by atoms with Gasteiger partial charge in [-0.25, -0.2) is 0 Å². The number of piperazine rings is 1. The van der Waals surface area contributed by atoms with Crippen LogP contribution in [-0.2, 0) is 4.79 Å². The lowest BCUT2D eigenvalue weighted by molar-refractivity contribution is -0.128. The van der Waals surface area contributed by atoms with Crippen LogP contribution in [0.3, 0.4) is 0 Å². The fraction of sp³-hybridized carbons (Fsp3) is 0.588. The fourth-order valence-electron chi connectivity index (χ4n) is 2.80. The minimum atomic E-state index is -0.282. The minimum absolute atomic E-state index is 0.0170. The second-order valence-electron chi connectivity index (χ2n) is 5.95. The van der Waals surface area contributed by atoms with Gasteiger partial charge in [0.15, 0.2) is 0 Å². The Labute approximate surface area is 132 Å². The first-order valence-corrected chi connectivity index (χ1v) is 8.04. The molecular formula is C17H27N3O2. The molecule has 1 aliphatic rings. The summed E-state index contributed by atoms with van der Waals surface area (Å²) in [6.07, 6.45) is 0.729. The van der Waals surface area contributed by atoms with E-state index in [-0.39, 0.29) is 24.6 Å². The van der Waals surface area contributed by atoms with E-state index in [9.17, 15) is 9.90 Å². The monoisotopic (exact) mass is 305 g/mol. The quantitative estimate of drug-likeness (QED) is 0.818. The Balaban J connectivity index is 2.16. The van der Waals surface area contributed by atoms with Crippen LogP contribution in [0.1, 0.15) is 24.9 Å². The molecule has 0 radical (unpaired) electrons. The first-order valence-electron chi connectivity index (χ1n) is 8.04. The van der Waals surface area contributed by atoms with Gasteiger partial charge in [-0.2, -0.15) is 0 Å². The van der Waals surface area contributed by atoms with E-state index in [0.717, 1.165) is 38.2 Å². The molecule has 0 saturated carbocycles. The molecule has 22 heavy (non-hydrogen) atoms. The van der Waals surface area contributed by atoms with Crippen molar-refractivity contribution in [2.24, 2.45) is 0 Å². The van der Waals surface area contributed by atoms with Gasteiger partial charge in [0.1, 0.15) is 6.04 Å². The van der Waals surface area contributed by atoms with Crippen molar-refractivity contribution in [1.29, 1.82) is 0 Å². The average Bonchev–Trinajstić information content (AvgIpc) is 2.55. The van der Waals surface area contributed by atoms with Crippen LogP contribution in [0.4, 0.5) is 0 Å². The molecule has 0 aliphatic carbocycles. The second kappa shape index (κ2) is 8.27. The van der Waals surface area contributed by atoms with Crippen molar-refractivity contribution in [3.8, 4) is 0 Å². The van der Waals surface area contributed by atoms with Gasteiger partial charge in [-0.3, -0.25) is 9.69 Å². The van der Waals surface area contributed by atoms with Crippen LogP contribution in [0.25, 0.3) is 0 Å².